The maximum absolute atomic E-state index is 5.85. The summed E-state index contributed by atoms with van der Waals surface area (Å²) in [7, 11) is 0. The molecule has 23 heavy (non-hydrogen) atoms. The van der Waals surface area contributed by atoms with Crippen LogP contribution in [0.25, 0.3) is 0 Å². The summed E-state index contributed by atoms with van der Waals surface area (Å²) in [6.45, 7) is 7.12. The SMILES string of the molecule is CC(C)CCNC(N)=NCc1ccnc(OC2CCOC2)c1.I. The van der Waals surface area contributed by atoms with Crippen LogP contribution in [-0.4, -0.2) is 36.8 Å². The van der Waals surface area contributed by atoms with Gasteiger partial charge in [0.25, 0.3) is 0 Å². The average Bonchev–Trinajstić information content (AvgIpc) is 2.98. The van der Waals surface area contributed by atoms with Crippen LogP contribution < -0.4 is 15.8 Å². The number of aromatic nitrogens is 1. The molecule has 1 aliphatic rings. The zero-order chi connectivity index (χ0) is 15.8. The number of guanidine groups is 1. The third-order valence-electron chi connectivity index (χ3n) is 3.43. The summed E-state index contributed by atoms with van der Waals surface area (Å²) in [5.41, 5.74) is 6.88. The van der Waals surface area contributed by atoms with Crippen molar-refractivity contribution in [2.75, 3.05) is 19.8 Å². The van der Waals surface area contributed by atoms with Gasteiger partial charge < -0.3 is 20.5 Å². The summed E-state index contributed by atoms with van der Waals surface area (Å²) in [5.74, 6) is 1.75. The van der Waals surface area contributed by atoms with E-state index in [0.29, 0.717) is 30.9 Å². The highest BCUT2D eigenvalue weighted by atomic mass is 127. The summed E-state index contributed by atoms with van der Waals surface area (Å²) in [6.07, 6.45) is 3.83. The Balaban J connectivity index is 0.00000264. The molecule has 1 atom stereocenters. The second-order valence-electron chi connectivity index (χ2n) is 5.92. The summed E-state index contributed by atoms with van der Waals surface area (Å²) < 4.78 is 11.1. The van der Waals surface area contributed by atoms with Gasteiger partial charge in [-0.3, -0.25) is 0 Å². The molecule has 0 amide bonds. The molecule has 0 aliphatic carbocycles. The van der Waals surface area contributed by atoms with Crippen LogP contribution in [0.1, 0.15) is 32.3 Å². The first-order valence-corrected chi connectivity index (χ1v) is 7.86. The van der Waals surface area contributed by atoms with Gasteiger partial charge >= 0.3 is 0 Å². The Kier molecular flexibility index (Phi) is 9.23. The highest BCUT2D eigenvalue weighted by molar-refractivity contribution is 14.0. The van der Waals surface area contributed by atoms with E-state index < -0.39 is 0 Å². The summed E-state index contributed by atoms with van der Waals surface area (Å²) >= 11 is 0. The Labute approximate surface area is 155 Å². The molecule has 3 N–H and O–H groups in total. The fourth-order valence-corrected chi connectivity index (χ4v) is 2.11. The Bertz CT molecular complexity index is 491. The lowest BCUT2D eigenvalue weighted by Crippen LogP contribution is -2.32. The van der Waals surface area contributed by atoms with Crippen molar-refractivity contribution in [3.63, 3.8) is 0 Å². The van der Waals surface area contributed by atoms with Gasteiger partial charge in [-0.2, -0.15) is 0 Å². The van der Waals surface area contributed by atoms with Crippen molar-refractivity contribution < 1.29 is 9.47 Å². The molecular weight excluding hydrogens is 407 g/mol. The van der Waals surface area contributed by atoms with E-state index in [9.17, 15) is 0 Å². The summed E-state index contributed by atoms with van der Waals surface area (Å²) in [6, 6.07) is 3.83. The molecule has 0 bridgehead atoms. The Hall–Kier alpha value is -1.09. The van der Waals surface area contributed by atoms with Crippen LogP contribution in [-0.2, 0) is 11.3 Å². The largest absolute Gasteiger partial charge is 0.472 e. The maximum atomic E-state index is 5.85. The van der Waals surface area contributed by atoms with Crippen LogP contribution >= 0.6 is 24.0 Å². The molecule has 1 unspecified atom stereocenters. The third-order valence-corrected chi connectivity index (χ3v) is 3.43. The average molecular weight is 434 g/mol. The molecule has 7 heteroatoms. The van der Waals surface area contributed by atoms with Gasteiger partial charge in [0, 0.05) is 25.2 Å². The number of hydrogen-bond acceptors (Lipinski definition) is 4. The molecule has 1 aromatic rings. The van der Waals surface area contributed by atoms with Crippen molar-refractivity contribution in [1.29, 1.82) is 0 Å². The predicted molar refractivity (Wildman–Crippen MR) is 102 cm³/mol. The molecule has 1 saturated heterocycles. The first-order valence-electron chi connectivity index (χ1n) is 7.86. The quantitative estimate of drug-likeness (QED) is 0.391. The molecule has 0 saturated carbocycles. The molecule has 0 radical (unpaired) electrons. The van der Waals surface area contributed by atoms with Crippen molar-refractivity contribution in [3.05, 3.63) is 23.9 Å². The van der Waals surface area contributed by atoms with Gasteiger partial charge in [-0.05, 0) is 24.0 Å². The molecule has 1 fully saturated rings. The molecule has 2 heterocycles. The number of halogens is 1. The maximum Gasteiger partial charge on any atom is 0.213 e. The minimum atomic E-state index is 0. The highest BCUT2D eigenvalue weighted by Crippen LogP contribution is 2.16. The van der Waals surface area contributed by atoms with Crippen LogP contribution in [0, 0.1) is 5.92 Å². The lowest BCUT2D eigenvalue weighted by molar-refractivity contribution is 0.138. The number of pyridine rings is 1. The summed E-state index contributed by atoms with van der Waals surface area (Å²) in [5, 5.41) is 3.12. The van der Waals surface area contributed by atoms with Crippen LogP contribution in [0.2, 0.25) is 0 Å². The molecule has 0 aromatic carbocycles. The Morgan fingerprint density at radius 3 is 3.09 bits per heavy atom. The second-order valence-corrected chi connectivity index (χ2v) is 5.92. The fraction of sp³-hybridized carbons (Fsp3) is 0.625. The van der Waals surface area contributed by atoms with Crippen LogP contribution in [0.5, 0.6) is 5.88 Å². The van der Waals surface area contributed by atoms with Crippen molar-refractivity contribution >= 4 is 29.9 Å². The van der Waals surface area contributed by atoms with Crippen molar-refractivity contribution in [1.82, 2.24) is 10.3 Å². The number of aliphatic imine (C=N–C) groups is 1. The number of hydrogen-bond donors (Lipinski definition) is 2. The number of nitrogens with one attached hydrogen (secondary N) is 1. The number of ether oxygens (including phenoxy) is 2. The zero-order valence-electron chi connectivity index (χ0n) is 13.8. The van der Waals surface area contributed by atoms with Gasteiger partial charge in [0.15, 0.2) is 5.96 Å². The standard InChI is InChI=1S/C16H26N4O2.HI/c1-12(2)3-6-19-16(17)20-10-13-4-7-18-15(9-13)22-14-5-8-21-11-14;/h4,7,9,12,14H,3,5-6,8,10-11H2,1-2H3,(H3,17,19,20);1H. The van der Waals surface area contributed by atoms with E-state index in [1.165, 1.54) is 0 Å². The van der Waals surface area contributed by atoms with Gasteiger partial charge in [-0.25, -0.2) is 9.98 Å². The molecule has 130 valence electrons. The minimum absolute atomic E-state index is 0. The fourth-order valence-electron chi connectivity index (χ4n) is 2.11. The summed E-state index contributed by atoms with van der Waals surface area (Å²) in [4.78, 5) is 8.57. The number of nitrogens with zero attached hydrogens (tertiary/aromatic N) is 2. The first-order chi connectivity index (χ1) is 10.6. The van der Waals surface area contributed by atoms with E-state index in [2.05, 4.69) is 29.1 Å². The van der Waals surface area contributed by atoms with E-state index in [1.807, 2.05) is 12.1 Å². The van der Waals surface area contributed by atoms with Crippen LogP contribution in [0.15, 0.2) is 23.3 Å². The molecule has 1 aromatic heterocycles. The van der Waals surface area contributed by atoms with Gasteiger partial charge in [0.2, 0.25) is 5.88 Å². The molecule has 2 rings (SSSR count). The molecule has 1 aliphatic heterocycles. The van der Waals surface area contributed by atoms with Crippen molar-refractivity contribution in [2.45, 2.75) is 39.3 Å². The minimum Gasteiger partial charge on any atom is -0.472 e. The van der Waals surface area contributed by atoms with Crippen molar-refractivity contribution in [2.24, 2.45) is 16.6 Å². The van der Waals surface area contributed by atoms with E-state index in [4.69, 9.17) is 15.2 Å². The molecule has 6 nitrogen and oxygen atoms in total. The second kappa shape index (κ2) is 10.6. The van der Waals surface area contributed by atoms with Crippen LogP contribution in [0.4, 0.5) is 0 Å². The lowest BCUT2D eigenvalue weighted by atomic mass is 10.1. The highest BCUT2D eigenvalue weighted by Gasteiger charge is 2.17. The topological polar surface area (TPSA) is 81.8 Å². The van der Waals surface area contributed by atoms with Crippen LogP contribution in [0.3, 0.4) is 0 Å². The third kappa shape index (κ3) is 7.83. The normalized spacial score (nSPS) is 17.9. The van der Waals surface area contributed by atoms with Gasteiger partial charge in [0.1, 0.15) is 6.10 Å². The van der Waals surface area contributed by atoms with E-state index >= 15 is 0 Å². The monoisotopic (exact) mass is 434 g/mol. The molecular formula is C16H27IN4O2. The number of nitrogens with two attached hydrogens (primary N) is 1. The van der Waals surface area contributed by atoms with E-state index in [0.717, 1.165) is 31.6 Å². The van der Waals surface area contributed by atoms with E-state index in [-0.39, 0.29) is 30.1 Å². The Morgan fingerprint density at radius 2 is 2.39 bits per heavy atom. The van der Waals surface area contributed by atoms with Gasteiger partial charge in [-0.15, -0.1) is 24.0 Å². The van der Waals surface area contributed by atoms with Gasteiger partial charge in [-0.1, -0.05) is 13.8 Å². The van der Waals surface area contributed by atoms with E-state index in [1.54, 1.807) is 6.20 Å². The predicted octanol–water partition coefficient (Wildman–Crippen LogP) is 2.32. The lowest BCUT2D eigenvalue weighted by Gasteiger charge is -2.11. The smallest absolute Gasteiger partial charge is 0.213 e. The van der Waals surface area contributed by atoms with Crippen molar-refractivity contribution in [3.8, 4) is 5.88 Å². The molecule has 0 spiro atoms. The first kappa shape index (κ1) is 20.0. The number of rotatable bonds is 7. The zero-order valence-corrected chi connectivity index (χ0v) is 16.2. The van der Waals surface area contributed by atoms with Gasteiger partial charge in [0.05, 0.1) is 19.8 Å². The Morgan fingerprint density at radius 1 is 1.57 bits per heavy atom.